The zero-order valence-electron chi connectivity index (χ0n) is 14.8. The van der Waals surface area contributed by atoms with Crippen LogP contribution in [0.3, 0.4) is 0 Å². The summed E-state index contributed by atoms with van der Waals surface area (Å²) in [5.41, 5.74) is 0.730. The quantitative estimate of drug-likeness (QED) is 0.657. The maximum absolute atomic E-state index is 12.1. The number of anilines is 1. The van der Waals surface area contributed by atoms with E-state index >= 15 is 0 Å². The molecule has 1 aromatic heterocycles. The van der Waals surface area contributed by atoms with Crippen molar-refractivity contribution in [2.45, 2.75) is 20.0 Å². The fraction of sp³-hybridized carbons (Fsp3) is 0.222. The van der Waals surface area contributed by atoms with Gasteiger partial charge in [0.1, 0.15) is 0 Å². The van der Waals surface area contributed by atoms with E-state index in [0.29, 0.717) is 17.1 Å². The van der Waals surface area contributed by atoms with Crippen molar-refractivity contribution in [1.29, 1.82) is 0 Å². The highest BCUT2D eigenvalue weighted by atomic mass is 32.1. The summed E-state index contributed by atoms with van der Waals surface area (Å²) in [4.78, 5) is 47.8. The average molecular weight is 389 g/mol. The van der Waals surface area contributed by atoms with Crippen LogP contribution in [-0.2, 0) is 9.53 Å². The average Bonchev–Trinajstić information content (AvgIpc) is 3.17. The molecule has 0 spiro atoms. The first-order chi connectivity index (χ1) is 12.9. The first kappa shape index (κ1) is 20.1. The SMILES string of the molecule is CCNC(=O)NC(=O)C(C)OC(=O)c1ccc(NC(=O)c2cccs2)cc1. The lowest BCUT2D eigenvalue weighted by molar-refractivity contribution is -0.127. The van der Waals surface area contributed by atoms with Gasteiger partial charge in [-0.15, -0.1) is 11.3 Å². The molecule has 3 N–H and O–H groups in total. The summed E-state index contributed by atoms with van der Waals surface area (Å²) in [7, 11) is 0. The van der Waals surface area contributed by atoms with E-state index in [1.54, 1.807) is 36.6 Å². The Labute approximate surface area is 159 Å². The summed E-state index contributed by atoms with van der Waals surface area (Å²) in [5.74, 6) is -1.69. The summed E-state index contributed by atoms with van der Waals surface area (Å²) in [6, 6.07) is 8.89. The monoisotopic (exact) mass is 389 g/mol. The number of esters is 1. The number of carbonyl (C=O) groups excluding carboxylic acids is 4. The lowest BCUT2D eigenvalue weighted by Crippen LogP contribution is -2.44. The Balaban J connectivity index is 1.90. The van der Waals surface area contributed by atoms with Gasteiger partial charge >= 0.3 is 12.0 Å². The second kappa shape index (κ2) is 9.48. The van der Waals surface area contributed by atoms with Crippen LogP contribution in [0.25, 0.3) is 0 Å². The van der Waals surface area contributed by atoms with E-state index in [4.69, 9.17) is 4.74 Å². The highest BCUT2D eigenvalue weighted by Crippen LogP contribution is 2.15. The molecule has 0 bridgehead atoms. The summed E-state index contributed by atoms with van der Waals surface area (Å²) in [6.07, 6.45) is -1.14. The summed E-state index contributed by atoms with van der Waals surface area (Å²) < 4.78 is 5.04. The molecule has 4 amide bonds. The Morgan fingerprint density at radius 1 is 1.11 bits per heavy atom. The molecule has 0 aliphatic rings. The van der Waals surface area contributed by atoms with Crippen LogP contribution in [0.5, 0.6) is 0 Å². The van der Waals surface area contributed by atoms with Crippen molar-refractivity contribution in [2.24, 2.45) is 0 Å². The number of imide groups is 1. The molecule has 0 aliphatic carbocycles. The minimum absolute atomic E-state index is 0.210. The highest BCUT2D eigenvalue weighted by Gasteiger charge is 2.20. The van der Waals surface area contributed by atoms with Crippen molar-refractivity contribution < 1.29 is 23.9 Å². The lowest BCUT2D eigenvalue weighted by Gasteiger charge is -2.13. The van der Waals surface area contributed by atoms with Crippen LogP contribution in [0, 0.1) is 0 Å². The van der Waals surface area contributed by atoms with Crippen LogP contribution in [0.2, 0.25) is 0 Å². The van der Waals surface area contributed by atoms with Gasteiger partial charge in [0.2, 0.25) is 0 Å². The standard InChI is InChI=1S/C18H19N3O5S/c1-3-19-18(25)21-15(22)11(2)26-17(24)12-6-8-13(9-7-12)20-16(23)14-5-4-10-27-14/h4-11H,3H2,1-2H3,(H,20,23)(H2,19,21,22,25). The highest BCUT2D eigenvalue weighted by molar-refractivity contribution is 7.12. The molecule has 1 aromatic carbocycles. The predicted octanol–water partition coefficient (Wildman–Crippen LogP) is 2.39. The molecule has 9 heteroatoms. The summed E-state index contributed by atoms with van der Waals surface area (Å²) in [5, 5.41) is 8.99. The molecule has 2 rings (SSSR count). The van der Waals surface area contributed by atoms with E-state index in [1.165, 1.54) is 30.4 Å². The normalized spacial score (nSPS) is 11.2. The van der Waals surface area contributed by atoms with Crippen LogP contribution in [0.1, 0.15) is 33.9 Å². The molecule has 0 fully saturated rings. The second-order valence-electron chi connectivity index (χ2n) is 5.41. The van der Waals surface area contributed by atoms with Gasteiger partial charge in [0.15, 0.2) is 6.10 Å². The van der Waals surface area contributed by atoms with Crippen molar-refractivity contribution in [3.05, 3.63) is 52.2 Å². The minimum atomic E-state index is -1.14. The number of hydrogen-bond donors (Lipinski definition) is 3. The molecule has 1 unspecified atom stereocenters. The number of nitrogens with one attached hydrogen (secondary N) is 3. The summed E-state index contributed by atoms with van der Waals surface area (Å²) >= 11 is 1.32. The van der Waals surface area contributed by atoms with Crippen LogP contribution < -0.4 is 16.0 Å². The fourth-order valence-electron chi connectivity index (χ4n) is 1.99. The predicted molar refractivity (Wildman–Crippen MR) is 101 cm³/mol. The topological polar surface area (TPSA) is 114 Å². The number of ether oxygens (including phenoxy) is 1. The van der Waals surface area contributed by atoms with Gasteiger partial charge in [-0.25, -0.2) is 9.59 Å². The number of rotatable bonds is 6. The van der Waals surface area contributed by atoms with Gasteiger partial charge < -0.3 is 15.4 Å². The Bertz CT molecular complexity index is 818. The molecule has 0 saturated carbocycles. The van der Waals surface area contributed by atoms with Gasteiger partial charge in [0.25, 0.3) is 11.8 Å². The molecular formula is C18H19N3O5S. The van der Waals surface area contributed by atoms with E-state index in [0.717, 1.165) is 0 Å². The molecular weight excluding hydrogens is 370 g/mol. The van der Waals surface area contributed by atoms with Gasteiger partial charge in [-0.05, 0) is 49.6 Å². The molecule has 0 saturated heterocycles. The first-order valence-electron chi connectivity index (χ1n) is 8.15. The molecule has 0 radical (unpaired) electrons. The van der Waals surface area contributed by atoms with Crippen molar-refractivity contribution in [3.8, 4) is 0 Å². The van der Waals surface area contributed by atoms with Crippen molar-refractivity contribution in [3.63, 3.8) is 0 Å². The van der Waals surface area contributed by atoms with Crippen molar-refractivity contribution >= 4 is 40.8 Å². The zero-order valence-corrected chi connectivity index (χ0v) is 15.6. The first-order valence-corrected chi connectivity index (χ1v) is 9.03. The van der Waals surface area contributed by atoms with Gasteiger partial charge in [-0.1, -0.05) is 6.07 Å². The van der Waals surface area contributed by atoms with Gasteiger partial charge in [0, 0.05) is 12.2 Å². The Morgan fingerprint density at radius 2 is 1.81 bits per heavy atom. The third kappa shape index (κ3) is 5.93. The molecule has 0 aliphatic heterocycles. The molecule has 1 heterocycles. The van der Waals surface area contributed by atoms with Crippen molar-refractivity contribution in [1.82, 2.24) is 10.6 Å². The maximum atomic E-state index is 12.1. The molecule has 8 nitrogen and oxygen atoms in total. The number of amides is 4. The smallest absolute Gasteiger partial charge is 0.338 e. The van der Waals surface area contributed by atoms with Crippen molar-refractivity contribution in [2.75, 3.05) is 11.9 Å². The van der Waals surface area contributed by atoms with E-state index in [2.05, 4.69) is 16.0 Å². The van der Waals surface area contributed by atoms with E-state index in [-0.39, 0.29) is 11.5 Å². The Morgan fingerprint density at radius 3 is 2.41 bits per heavy atom. The van der Waals surface area contributed by atoms with Crippen LogP contribution in [-0.4, -0.2) is 36.5 Å². The van der Waals surface area contributed by atoms with E-state index in [1.807, 2.05) is 0 Å². The molecule has 2 aromatic rings. The fourth-order valence-corrected chi connectivity index (χ4v) is 2.61. The number of benzene rings is 1. The second-order valence-corrected chi connectivity index (χ2v) is 6.35. The number of carbonyl (C=O) groups is 4. The summed E-state index contributed by atoms with van der Waals surface area (Å²) in [6.45, 7) is 3.44. The number of hydrogen-bond acceptors (Lipinski definition) is 6. The van der Waals surface area contributed by atoms with Crippen LogP contribution >= 0.6 is 11.3 Å². The van der Waals surface area contributed by atoms with Gasteiger partial charge in [-0.2, -0.15) is 0 Å². The Kier molecular flexibility index (Phi) is 7.07. The molecule has 1 atom stereocenters. The van der Waals surface area contributed by atoms with E-state index in [9.17, 15) is 19.2 Å². The molecule has 142 valence electrons. The maximum Gasteiger partial charge on any atom is 0.338 e. The van der Waals surface area contributed by atoms with Gasteiger partial charge in [0.05, 0.1) is 10.4 Å². The molecule has 27 heavy (non-hydrogen) atoms. The van der Waals surface area contributed by atoms with Crippen LogP contribution in [0.4, 0.5) is 10.5 Å². The Hall–Kier alpha value is -3.20. The zero-order chi connectivity index (χ0) is 19.8. The number of urea groups is 1. The third-order valence-corrected chi connectivity index (χ3v) is 4.22. The van der Waals surface area contributed by atoms with Crippen LogP contribution in [0.15, 0.2) is 41.8 Å². The lowest BCUT2D eigenvalue weighted by atomic mass is 10.2. The number of thiophene rings is 1. The third-order valence-electron chi connectivity index (χ3n) is 3.35. The minimum Gasteiger partial charge on any atom is -0.449 e. The largest absolute Gasteiger partial charge is 0.449 e. The van der Waals surface area contributed by atoms with Gasteiger partial charge in [-0.3, -0.25) is 14.9 Å². The van der Waals surface area contributed by atoms with E-state index < -0.39 is 24.0 Å².